The molecule has 0 aliphatic carbocycles. The number of hydrogen-bond donors (Lipinski definition) is 0. The van der Waals surface area contributed by atoms with Gasteiger partial charge in [-0.3, -0.25) is 9.59 Å². The van der Waals surface area contributed by atoms with Crippen molar-refractivity contribution in [3.63, 3.8) is 0 Å². The van der Waals surface area contributed by atoms with Crippen LogP contribution in [0.2, 0.25) is 0 Å². The number of aryl methyl sites for hydroxylation is 1. The molecule has 0 spiro atoms. The Balaban J connectivity index is 3.15. The van der Waals surface area contributed by atoms with Gasteiger partial charge in [0.25, 0.3) is 5.56 Å². The Bertz CT molecular complexity index is 656. The van der Waals surface area contributed by atoms with Gasteiger partial charge in [-0.2, -0.15) is 0 Å². The molecule has 0 atom stereocenters. The van der Waals surface area contributed by atoms with Gasteiger partial charge in [0, 0.05) is 23.7 Å². The number of benzene rings is 1. The molecule has 0 amide bonds. The molecule has 0 N–H and O–H groups in total. The first kappa shape index (κ1) is 10.6. The second-order valence-electron chi connectivity index (χ2n) is 3.74. The Morgan fingerprint density at radius 1 is 1.12 bits per heavy atom. The van der Waals surface area contributed by atoms with Crippen LogP contribution in [0.25, 0.3) is 10.8 Å². The maximum absolute atomic E-state index is 12.2. The van der Waals surface area contributed by atoms with E-state index < -0.39 is 0 Å². The second-order valence-corrected chi connectivity index (χ2v) is 3.74. The van der Waals surface area contributed by atoms with Crippen molar-refractivity contribution in [3.8, 4) is 0 Å². The van der Waals surface area contributed by atoms with E-state index in [0.717, 1.165) is 0 Å². The van der Waals surface area contributed by atoms with Crippen molar-refractivity contribution in [1.29, 1.82) is 0 Å². The second kappa shape index (κ2) is 3.93. The van der Waals surface area contributed by atoms with E-state index in [2.05, 4.69) is 0 Å². The van der Waals surface area contributed by atoms with Gasteiger partial charge in [0.1, 0.15) is 0 Å². The highest BCUT2D eigenvalue weighted by molar-refractivity contribution is 5.80. The smallest absolute Gasteiger partial charge is 0.258 e. The van der Waals surface area contributed by atoms with Gasteiger partial charge in [0.15, 0.2) is 5.43 Å². The van der Waals surface area contributed by atoms with E-state index >= 15 is 0 Å². The third-order valence-electron chi connectivity index (χ3n) is 2.75. The van der Waals surface area contributed by atoms with Crippen LogP contribution >= 0.6 is 0 Å². The third kappa shape index (κ3) is 1.54. The fraction of sp³-hybridized carbons (Fsp3) is 0.231. The van der Waals surface area contributed by atoms with Crippen molar-refractivity contribution >= 4 is 10.8 Å². The van der Waals surface area contributed by atoms with E-state index in [1.54, 1.807) is 35.8 Å². The molecule has 0 unspecified atom stereocenters. The van der Waals surface area contributed by atoms with E-state index in [-0.39, 0.29) is 11.0 Å². The number of aromatic nitrogens is 1. The molecule has 0 fully saturated rings. The number of fused-ring (bicyclic) bond motifs is 1. The molecule has 3 heteroatoms. The largest absolute Gasteiger partial charge is 0.313 e. The minimum atomic E-state index is -0.0996. The van der Waals surface area contributed by atoms with Crippen LogP contribution in [0.3, 0.4) is 0 Å². The normalized spacial score (nSPS) is 10.6. The Labute approximate surface area is 93.0 Å². The molecular formula is C13H13NO2. The fourth-order valence-electron chi connectivity index (χ4n) is 1.93. The molecule has 82 valence electrons. The Hall–Kier alpha value is -1.90. The molecular weight excluding hydrogens is 202 g/mol. The molecule has 3 nitrogen and oxygen atoms in total. The Morgan fingerprint density at radius 2 is 1.75 bits per heavy atom. The summed E-state index contributed by atoms with van der Waals surface area (Å²) in [5.41, 5.74) is 0.504. The summed E-state index contributed by atoms with van der Waals surface area (Å²) in [6, 6.07) is 8.46. The SMILES string of the molecule is CCn1c(C)cc(=O)c2ccccc2c1=O. The van der Waals surface area contributed by atoms with Gasteiger partial charge in [-0.05, 0) is 19.9 Å². The molecule has 2 aromatic rings. The van der Waals surface area contributed by atoms with Crippen LogP contribution in [-0.2, 0) is 6.54 Å². The van der Waals surface area contributed by atoms with Crippen molar-refractivity contribution in [2.75, 3.05) is 0 Å². The highest BCUT2D eigenvalue weighted by Crippen LogP contribution is 2.04. The first-order chi connectivity index (χ1) is 7.65. The maximum atomic E-state index is 12.2. The van der Waals surface area contributed by atoms with Gasteiger partial charge < -0.3 is 4.57 Å². The van der Waals surface area contributed by atoms with Crippen molar-refractivity contribution in [1.82, 2.24) is 4.57 Å². The van der Waals surface area contributed by atoms with Gasteiger partial charge in [-0.15, -0.1) is 0 Å². The van der Waals surface area contributed by atoms with Crippen LogP contribution in [0.4, 0.5) is 0 Å². The lowest BCUT2D eigenvalue weighted by molar-refractivity contribution is 0.711. The van der Waals surface area contributed by atoms with Crippen LogP contribution in [0.1, 0.15) is 12.6 Å². The third-order valence-corrected chi connectivity index (χ3v) is 2.75. The lowest BCUT2D eigenvalue weighted by Gasteiger charge is -2.01. The van der Waals surface area contributed by atoms with Gasteiger partial charge in [-0.1, -0.05) is 18.2 Å². The Morgan fingerprint density at radius 3 is 2.38 bits per heavy atom. The summed E-state index contributed by atoms with van der Waals surface area (Å²) in [5, 5.41) is 0.977. The minimum Gasteiger partial charge on any atom is -0.313 e. The summed E-state index contributed by atoms with van der Waals surface area (Å²) in [4.78, 5) is 24.0. The van der Waals surface area contributed by atoms with Gasteiger partial charge in [-0.25, -0.2) is 0 Å². The van der Waals surface area contributed by atoms with Crippen molar-refractivity contribution < 1.29 is 0 Å². The van der Waals surface area contributed by atoms with Crippen LogP contribution in [0.5, 0.6) is 0 Å². The van der Waals surface area contributed by atoms with E-state index in [0.29, 0.717) is 23.0 Å². The molecule has 0 saturated carbocycles. The molecule has 0 aliphatic heterocycles. The molecule has 0 aliphatic rings. The first-order valence-electron chi connectivity index (χ1n) is 5.28. The van der Waals surface area contributed by atoms with E-state index in [4.69, 9.17) is 0 Å². The van der Waals surface area contributed by atoms with Gasteiger partial charge in [0.05, 0.1) is 5.39 Å². The minimum absolute atomic E-state index is 0.0994. The molecule has 0 saturated heterocycles. The maximum Gasteiger partial charge on any atom is 0.258 e. The summed E-state index contributed by atoms with van der Waals surface area (Å²) in [5.74, 6) is 0. The topological polar surface area (TPSA) is 39.1 Å². The van der Waals surface area contributed by atoms with E-state index in [1.165, 1.54) is 6.07 Å². The molecule has 1 aromatic carbocycles. The van der Waals surface area contributed by atoms with Crippen molar-refractivity contribution in [2.24, 2.45) is 0 Å². The zero-order valence-corrected chi connectivity index (χ0v) is 9.36. The fourth-order valence-corrected chi connectivity index (χ4v) is 1.93. The lowest BCUT2D eigenvalue weighted by atomic mass is 10.2. The highest BCUT2D eigenvalue weighted by Gasteiger charge is 2.04. The molecule has 1 aromatic heterocycles. The van der Waals surface area contributed by atoms with Gasteiger partial charge >= 0.3 is 0 Å². The summed E-state index contributed by atoms with van der Waals surface area (Å²) in [7, 11) is 0. The summed E-state index contributed by atoms with van der Waals surface area (Å²) >= 11 is 0. The Kier molecular flexibility index (Phi) is 2.60. The highest BCUT2D eigenvalue weighted by atomic mass is 16.1. The number of hydrogen-bond acceptors (Lipinski definition) is 2. The van der Waals surface area contributed by atoms with Crippen LogP contribution in [0, 0.1) is 6.92 Å². The molecule has 1 heterocycles. The van der Waals surface area contributed by atoms with Crippen LogP contribution < -0.4 is 11.0 Å². The average molecular weight is 215 g/mol. The average Bonchev–Trinajstić information content (AvgIpc) is 2.37. The van der Waals surface area contributed by atoms with Crippen molar-refractivity contribution in [3.05, 3.63) is 56.6 Å². The van der Waals surface area contributed by atoms with Crippen molar-refractivity contribution in [2.45, 2.75) is 20.4 Å². The molecule has 16 heavy (non-hydrogen) atoms. The quantitative estimate of drug-likeness (QED) is 0.726. The number of nitrogens with zero attached hydrogens (tertiary/aromatic N) is 1. The summed E-state index contributed by atoms with van der Waals surface area (Å²) in [6.45, 7) is 4.25. The monoisotopic (exact) mass is 215 g/mol. The summed E-state index contributed by atoms with van der Waals surface area (Å²) < 4.78 is 1.61. The standard InChI is InChI=1S/C13H13NO2/c1-3-14-9(2)8-12(15)10-6-4-5-7-11(10)13(14)16/h4-8H,3H2,1-2H3. The van der Waals surface area contributed by atoms with E-state index in [1.807, 2.05) is 6.92 Å². The summed E-state index contributed by atoms with van der Waals surface area (Å²) in [6.07, 6.45) is 0. The molecule has 0 bridgehead atoms. The van der Waals surface area contributed by atoms with Crippen LogP contribution in [-0.4, -0.2) is 4.57 Å². The predicted octanol–water partition coefficient (Wildman–Crippen LogP) is 1.69. The van der Waals surface area contributed by atoms with E-state index in [9.17, 15) is 9.59 Å². The molecule has 0 radical (unpaired) electrons. The zero-order chi connectivity index (χ0) is 11.7. The lowest BCUT2D eigenvalue weighted by Crippen LogP contribution is -2.18. The van der Waals surface area contributed by atoms with Gasteiger partial charge in [0.2, 0.25) is 0 Å². The predicted molar refractivity (Wildman–Crippen MR) is 64.9 cm³/mol. The zero-order valence-electron chi connectivity index (χ0n) is 9.36. The number of rotatable bonds is 1. The molecule has 2 rings (SSSR count). The first-order valence-corrected chi connectivity index (χ1v) is 5.28. The van der Waals surface area contributed by atoms with Crippen LogP contribution in [0.15, 0.2) is 39.9 Å².